The van der Waals surface area contributed by atoms with Crippen LogP contribution in [-0.2, 0) is 11.3 Å². The van der Waals surface area contributed by atoms with Gasteiger partial charge in [-0.25, -0.2) is 9.79 Å². The highest BCUT2D eigenvalue weighted by Gasteiger charge is 2.33. The molecule has 0 bridgehead atoms. The van der Waals surface area contributed by atoms with Gasteiger partial charge in [0.25, 0.3) is 5.91 Å². The van der Waals surface area contributed by atoms with Crippen molar-refractivity contribution in [2.75, 3.05) is 21.3 Å². The van der Waals surface area contributed by atoms with Crippen molar-refractivity contribution < 1.29 is 28.9 Å². The van der Waals surface area contributed by atoms with Crippen molar-refractivity contribution in [3.8, 4) is 17.2 Å². The molecule has 1 amide bonds. The Morgan fingerprint density at radius 2 is 1.73 bits per heavy atom. The van der Waals surface area contributed by atoms with Crippen LogP contribution in [0.1, 0.15) is 21.5 Å². The third kappa shape index (κ3) is 5.98. The number of halogens is 1. The normalized spacial score (nSPS) is 15.4. The monoisotopic (exact) mass is 582 g/mol. The van der Waals surface area contributed by atoms with E-state index in [4.69, 9.17) is 19.2 Å². The van der Waals surface area contributed by atoms with Gasteiger partial charge in [0.05, 0.1) is 48.5 Å². The van der Waals surface area contributed by atoms with E-state index in [1.54, 1.807) is 62.6 Å². The molecule has 0 spiro atoms. The molecule has 3 aromatic rings. The van der Waals surface area contributed by atoms with E-state index in [9.17, 15) is 14.7 Å². The highest BCUT2D eigenvalue weighted by atomic mass is 79.9. The number of carbonyl (C=O) groups excluding carboxylic acids is 1. The van der Waals surface area contributed by atoms with Gasteiger partial charge in [0.2, 0.25) is 0 Å². The molecule has 1 aliphatic rings. The van der Waals surface area contributed by atoms with Gasteiger partial charge in [0.1, 0.15) is 5.75 Å². The molecule has 190 valence electrons. The molecule has 0 atom stereocenters. The summed E-state index contributed by atoms with van der Waals surface area (Å²) in [6.45, 7) is 0.230. The molecule has 0 saturated carbocycles. The van der Waals surface area contributed by atoms with E-state index in [1.165, 1.54) is 23.9 Å². The Hall–Kier alpha value is -3.76. The van der Waals surface area contributed by atoms with Gasteiger partial charge in [-0.2, -0.15) is 0 Å². The molecular formula is C27H23BrN2O6S. The minimum Gasteiger partial charge on any atom is -0.497 e. The smallest absolute Gasteiger partial charge is 0.335 e. The molecule has 1 fully saturated rings. The molecule has 1 heterocycles. The van der Waals surface area contributed by atoms with Crippen molar-refractivity contribution in [1.29, 1.82) is 0 Å². The zero-order valence-corrected chi connectivity index (χ0v) is 22.6. The van der Waals surface area contributed by atoms with Crippen molar-refractivity contribution >= 4 is 56.5 Å². The number of thioether (sulfide) groups is 1. The Balaban J connectivity index is 1.71. The first-order valence-electron chi connectivity index (χ1n) is 11.0. The van der Waals surface area contributed by atoms with Crippen LogP contribution in [0.15, 0.2) is 75.0 Å². The van der Waals surface area contributed by atoms with E-state index in [0.717, 1.165) is 11.1 Å². The van der Waals surface area contributed by atoms with Gasteiger partial charge in [0.15, 0.2) is 16.7 Å². The van der Waals surface area contributed by atoms with Gasteiger partial charge < -0.3 is 19.3 Å². The Bertz CT molecular complexity index is 1390. The van der Waals surface area contributed by atoms with Crippen LogP contribution in [0.4, 0.5) is 5.69 Å². The first-order valence-corrected chi connectivity index (χ1v) is 12.6. The lowest BCUT2D eigenvalue weighted by Crippen LogP contribution is -2.28. The average Bonchev–Trinajstić information content (AvgIpc) is 3.17. The summed E-state index contributed by atoms with van der Waals surface area (Å²) in [5.41, 5.74) is 2.36. The minimum atomic E-state index is -1.01. The summed E-state index contributed by atoms with van der Waals surface area (Å²) in [5, 5.41) is 9.69. The number of rotatable bonds is 8. The van der Waals surface area contributed by atoms with Crippen LogP contribution in [0, 0.1) is 0 Å². The third-order valence-electron chi connectivity index (χ3n) is 5.48. The Labute approximate surface area is 226 Å². The molecule has 3 aromatic carbocycles. The number of ether oxygens (including phenoxy) is 3. The highest BCUT2D eigenvalue weighted by Crippen LogP contribution is 2.39. The molecule has 8 nitrogen and oxygen atoms in total. The maximum absolute atomic E-state index is 13.5. The first-order chi connectivity index (χ1) is 17.8. The van der Waals surface area contributed by atoms with E-state index >= 15 is 0 Å². The summed E-state index contributed by atoms with van der Waals surface area (Å²) < 4.78 is 16.7. The number of methoxy groups -OCH3 is 3. The van der Waals surface area contributed by atoms with Crippen molar-refractivity contribution in [1.82, 2.24) is 4.90 Å². The summed E-state index contributed by atoms with van der Waals surface area (Å²) in [7, 11) is 4.70. The maximum atomic E-state index is 13.5. The number of hydrogen-bond donors (Lipinski definition) is 1. The summed E-state index contributed by atoms with van der Waals surface area (Å²) in [6.07, 6.45) is 1.77. The highest BCUT2D eigenvalue weighted by molar-refractivity contribution is 9.10. The largest absolute Gasteiger partial charge is 0.497 e. The standard InChI is InChI=1S/C27H23BrN2O6S/c1-34-20-10-8-19(9-11-20)29-27-30(15-16-4-6-18(7-5-16)26(32)33)25(31)23(37-27)14-17-12-21(28)24(36-3)22(13-17)35-2/h4-14H,15H2,1-3H3,(H,32,33)/b23-14+,29-27?. The van der Waals surface area contributed by atoms with E-state index in [2.05, 4.69) is 15.9 Å². The summed E-state index contributed by atoms with van der Waals surface area (Å²) >= 11 is 4.75. The average molecular weight is 583 g/mol. The number of carboxylic acid groups (broad SMARTS) is 1. The number of amidine groups is 1. The zero-order chi connectivity index (χ0) is 26.5. The quantitative estimate of drug-likeness (QED) is 0.326. The first kappa shape index (κ1) is 26.3. The van der Waals surface area contributed by atoms with Crippen LogP contribution in [0.5, 0.6) is 17.2 Å². The molecule has 0 aliphatic carbocycles. The lowest BCUT2D eigenvalue weighted by Gasteiger charge is -2.16. The molecule has 0 radical (unpaired) electrons. The van der Waals surface area contributed by atoms with Crippen molar-refractivity contribution in [2.45, 2.75) is 6.54 Å². The molecular weight excluding hydrogens is 560 g/mol. The maximum Gasteiger partial charge on any atom is 0.335 e. The molecule has 0 unspecified atom stereocenters. The predicted molar refractivity (Wildman–Crippen MR) is 147 cm³/mol. The van der Waals surface area contributed by atoms with Gasteiger partial charge in [-0.15, -0.1) is 0 Å². The number of carboxylic acids is 1. The van der Waals surface area contributed by atoms with E-state index in [1.807, 2.05) is 18.2 Å². The Morgan fingerprint density at radius 3 is 2.32 bits per heavy atom. The van der Waals surface area contributed by atoms with Gasteiger partial charge in [-0.3, -0.25) is 9.69 Å². The number of carbonyl (C=O) groups is 2. The molecule has 1 aliphatic heterocycles. The number of aliphatic imine (C=N–C) groups is 1. The second-order valence-corrected chi connectivity index (χ2v) is 9.70. The van der Waals surface area contributed by atoms with Crippen molar-refractivity contribution in [3.63, 3.8) is 0 Å². The molecule has 37 heavy (non-hydrogen) atoms. The molecule has 0 aromatic heterocycles. The van der Waals surface area contributed by atoms with E-state index in [0.29, 0.717) is 37.5 Å². The van der Waals surface area contributed by atoms with Crippen molar-refractivity contribution in [2.24, 2.45) is 4.99 Å². The topological polar surface area (TPSA) is 97.7 Å². The zero-order valence-electron chi connectivity index (χ0n) is 20.2. The van der Waals surface area contributed by atoms with Crippen molar-refractivity contribution in [3.05, 3.63) is 86.7 Å². The van der Waals surface area contributed by atoms with Gasteiger partial charge >= 0.3 is 5.97 Å². The second-order valence-electron chi connectivity index (χ2n) is 7.83. The SMILES string of the molecule is COc1ccc(N=C2S/C(=C/c3cc(Br)c(OC)c(OC)c3)C(=O)N2Cc2ccc(C(=O)O)cc2)cc1. The minimum absolute atomic E-state index is 0.178. The number of benzene rings is 3. The number of nitrogens with zero attached hydrogens (tertiary/aromatic N) is 2. The predicted octanol–water partition coefficient (Wildman–Crippen LogP) is 5.98. The van der Waals surface area contributed by atoms with Gasteiger partial charge in [-0.1, -0.05) is 12.1 Å². The number of amides is 1. The van der Waals surface area contributed by atoms with Crippen LogP contribution in [0.25, 0.3) is 6.08 Å². The second kappa shape index (κ2) is 11.5. The fourth-order valence-electron chi connectivity index (χ4n) is 3.61. The fraction of sp³-hybridized carbons (Fsp3) is 0.148. The van der Waals surface area contributed by atoms with E-state index in [-0.39, 0.29) is 18.0 Å². The van der Waals surface area contributed by atoms with Crippen LogP contribution in [0.3, 0.4) is 0 Å². The lowest BCUT2D eigenvalue weighted by molar-refractivity contribution is -0.122. The molecule has 4 rings (SSSR count). The fourth-order valence-corrected chi connectivity index (χ4v) is 5.23. The third-order valence-corrected chi connectivity index (χ3v) is 7.08. The summed E-state index contributed by atoms with van der Waals surface area (Å²) in [5.74, 6) is 0.567. The Kier molecular flexibility index (Phi) is 8.20. The number of hydrogen-bond acceptors (Lipinski definition) is 7. The van der Waals surface area contributed by atoms with Crippen LogP contribution in [-0.4, -0.2) is 48.4 Å². The van der Waals surface area contributed by atoms with E-state index < -0.39 is 5.97 Å². The number of aromatic carboxylic acids is 1. The van der Waals surface area contributed by atoms with Crippen LogP contribution >= 0.6 is 27.7 Å². The molecule has 1 N–H and O–H groups in total. The van der Waals surface area contributed by atoms with Gasteiger partial charge in [-0.05, 0) is 93.4 Å². The molecule has 1 saturated heterocycles. The van der Waals surface area contributed by atoms with Crippen LogP contribution in [0.2, 0.25) is 0 Å². The summed E-state index contributed by atoms with van der Waals surface area (Å²) in [4.78, 5) is 31.5. The lowest BCUT2D eigenvalue weighted by atomic mass is 10.1. The summed E-state index contributed by atoms with van der Waals surface area (Å²) in [6, 6.07) is 17.3. The molecule has 10 heteroatoms. The Morgan fingerprint density at radius 1 is 1.03 bits per heavy atom. The van der Waals surface area contributed by atoms with Gasteiger partial charge in [0, 0.05) is 0 Å². The van der Waals surface area contributed by atoms with Crippen LogP contribution < -0.4 is 14.2 Å².